The molecule has 1 aliphatic carbocycles. The number of carbonyl (C=O) groups is 2. The molecule has 5 nitrogen and oxygen atoms in total. The van der Waals surface area contributed by atoms with Crippen LogP contribution in [0.5, 0.6) is 0 Å². The van der Waals surface area contributed by atoms with Crippen LogP contribution >= 0.6 is 0 Å². The molecule has 1 aliphatic heterocycles. The van der Waals surface area contributed by atoms with Gasteiger partial charge in [0.1, 0.15) is 11.5 Å². The molecule has 124 valence electrons. The maximum absolute atomic E-state index is 12.4. The number of nitrogens with two attached hydrogens (primary N) is 1. The average molecular weight is 316 g/mol. The van der Waals surface area contributed by atoms with Crippen LogP contribution in [0.25, 0.3) is 6.08 Å². The Hall–Kier alpha value is -2.04. The summed E-state index contributed by atoms with van der Waals surface area (Å²) in [7, 11) is 0. The van der Waals surface area contributed by atoms with E-state index >= 15 is 0 Å². The Labute approximate surface area is 136 Å². The van der Waals surface area contributed by atoms with E-state index in [2.05, 4.69) is 6.92 Å². The molecule has 1 aromatic rings. The van der Waals surface area contributed by atoms with Gasteiger partial charge >= 0.3 is 0 Å². The van der Waals surface area contributed by atoms with E-state index < -0.39 is 0 Å². The Morgan fingerprint density at radius 1 is 1.39 bits per heavy atom. The predicted octanol–water partition coefficient (Wildman–Crippen LogP) is 2.67. The Morgan fingerprint density at radius 2 is 2.17 bits per heavy atom. The van der Waals surface area contributed by atoms with Crippen LogP contribution < -0.4 is 5.73 Å². The Bertz CT molecular complexity index is 620. The van der Waals surface area contributed by atoms with Crippen molar-refractivity contribution in [3.8, 4) is 0 Å². The van der Waals surface area contributed by atoms with Gasteiger partial charge in [-0.2, -0.15) is 0 Å². The summed E-state index contributed by atoms with van der Waals surface area (Å²) in [6, 6.07) is 3.83. The number of hydrogen-bond acceptors (Lipinski definition) is 3. The number of furan rings is 1. The SMILES string of the molecule is C[C@@H]1C[C@@H]1c1ccc(/C=C/C(=O)N2CCCC[C@@H]2CC(N)=O)o1. The van der Waals surface area contributed by atoms with Gasteiger partial charge in [-0.05, 0) is 49.8 Å². The quantitative estimate of drug-likeness (QED) is 0.848. The van der Waals surface area contributed by atoms with E-state index in [1.165, 1.54) is 12.5 Å². The van der Waals surface area contributed by atoms with E-state index in [4.69, 9.17) is 10.2 Å². The molecule has 1 aromatic heterocycles. The molecule has 0 spiro atoms. The summed E-state index contributed by atoms with van der Waals surface area (Å²) >= 11 is 0. The molecular formula is C18H24N2O3. The molecule has 2 aliphatic rings. The van der Waals surface area contributed by atoms with Crippen LogP contribution in [0.4, 0.5) is 0 Å². The van der Waals surface area contributed by atoms with Crippen molar-refractivity contribution in [3.05, 3.63) is 29.7 Å². The lowest BCUT2D eigenvalue weighted by atomic mass is 9.99. The fraction of sp³-hybridized carbons (Fsp3) is 0.556. The van der Waals surface area contributed by atoms with Crippen molar-refractivity contribution < 1.29 is 14.0 Å². The molecule has 2 fully saturated rings. The van der Waals surface area contributed by atoms with Gasteiger partial charge in [0.25, 0.3) is 0 Å². The first-order chi connectivity index (χ1) is 11.0. The summed E-state index contributed by atoms with van der Waals surface area (Å²) in [4.78, 5) is 25.3. The monoisotopic (exact) mass is 316 g/mol. The van der Waals surface area contributed by atoms with Gasteiger partial charge in [0.15, 0.2) is 0 Å². The predicted molar refractivity (Wildman–Crippen MR) is 87.4 cm³/mol. The van der Waals surface area contributed by atoms with Crippen molar-refractivity contribution in [3.63, 3.8) is 0 Å². The largest absolute Gasteiger partial charge is 0.461 e. The van der Waals surface area contributed by atoms with Crippen molar-refractivity contribution in [2.24, 2.45) is 11.7 Å². The van der Waals surface area contributed by atoms with Crippen molar-refractivity contribution in [2.45, 2.75) is 51.0 Å². The molecule has 0 bridgehead atoms. The molecular weight excluding hydrogens is 292 g/mol. The van der Waals surface area contributed by atoms with Crippen LogP contribution in [0.2, 0.25) is 0 Å². The molecule has 1 saturated carbocycles. The molecule has 0 radical (unpaired) electrons. The standard InChI is InChI=1S/C18H24N2O3/c1-12-10-15(12)16-7-5-14(23-16)6-8-18(22)20-9-3-2-4-13(20)11-17(19)21/h5-8,12-13,15H,2-4,9-11H2,1H3,(H2,19,21)/b8-6+/t12-,13-,15+/m1/s1. The molecule has 2 N–H and O–H groups in total. The fourth-order valence-electron chi connectivity index (χ4n) is 3.36. The fourth-order valence-corrected chi connectivity index (χ4v) is 3.36. The first-order valence-corrected chi connectivity index (χ1v) is 8.41. The lowest BCUT2D eigenvalue weighted by molar-refractivity contribution is -0.130. The van der Waals surface area contributed by atoms with Gasteiger partial charge in [0, 0.05) is 31.0 Å². The van der Waals surface area contributed by atoms with Crippen molar-refractivity contribution in [1.29, 1.82) is 0 Å². The molecule has 0 unspecified atom stereocenters. The van der Waals surface area contributed by atoms with Crippen LogP contribution in [-0.4, -0.2) is 29.3 Å². The van der Waals surface area contributed by atoms with Crippen molar-refractivity contribution in [2.75, 3.05) is 6.54 Å². The lowest BCUT2D eigenvalue weighted by Crippen LogP contribution is -2.44. The number of nitrogens with zero attached hydrogens (tertiary/aromatic N) is 1. The van der Waals surface area contributed by atoms with Crippen molar-refractivity contribution >= 4 is 17.9 Å². The normalized spacial score (nSPS) is 27.3. The second-order valence-electron chi connectivity index (χ2n) is 6.74. The number of piperidine rings is 1. The van der Waals surface area contributed by atoms with E-state index in [0.29, 0.717) is 24.1 Å². The summed E-state index contributed by atoms with van der Waals surface area (Å²) in [5.41, 5.74) is 5.29. The van der Waals surface area contributed by atoms with Gasteiger partial charge in [-0.25, -0.2) is 0 Å². The van der Waals surface area contributed by atoms with Crippen LogP contribution in [0.15, 0.2) is 22.6 Å². The Morgan fingerprint density at radius 3 is 2.87 bits per heavy atom. The molecule has 0 aromatic carbocycles. The zero-order chi connectivity index (χ0) is 16.4. The van der Waals surface area contributed by atoms with Crippen LogP contribution in [0.3, 0.4) is 0 Å². The molecule has 2 amide bonds. The third-order valence-electron chi connectivity index (χ3n) is 4.86. The van der Waals surface area contributed by atoms with Gasteiger partial charge < -0.3 is 15.1 Å². The summed E-state index contributed by atoms with van der Waals surface area (Å²) in [6.07, 6.45) is 7.52. The highest BCUT2D eigenvalue weighted by Gasteiger charge is 2.36. The summed E-state index contributed by atoms with van der Waals surface area (Å²) in [5.74, 6) is 2.52. The summed E-state index contributed by atoms with van der Waals surface area (Å²) in [6.45, 7) is 2.89. The molecule has 23 heavy (non-hydrogen) atoms. The Kier molecular flexibility index (Phi) is 4.55. The van der Waals surface area contributed by atoms with Gasteiger partial charge in [0.2, 0.25) is 11.8 Å². The highest BCUT2D eigenvalue weighted by atomic mass is 16.3. The number of rotatable bonds is 5. The van der Waals surface area contributed by atoms with E-state index in [1.807, 2.05) is 12.1 Å². The second kappa shape index (κ2) is 6.60. The number of primary amides is 1. The number of amides is 2. The molecule has 1 saturated heterocycles. The highest BCUT2D eigenvalue weighted by Crippen LogP contribution is 2.47. The molecule has 5 heteroatoms. The smallest absolute Gasteiger partial charge is 0.246 e. The maximum Gasteiger partial charge on any atom is 0.246 e. The van der Waals surface area contributed by atoms with Crippen molar-refractivity contribution in [1.82, 2.24) is 4.90 Å². The average Bonchev–Trinajstić information content (AvgIpc) is 3.07. The zero-order valence-corrected chi connectivity index (χ0v) is 13.5. The minimum Gasteiger partial charge on any atom is -0.461 e. The minimum atomic E-state index is -0.354. The van der Waals surface area contributed by atoms with Crippen LogP contribution in [-0.2, 0) is 9.59 Å². The minimum absolute atomic E-state index is 0.0714. The van der Waals surface area contributed by atoms with E-state index in [0.717, 1.165) is 25.0 Å². The van der Waals surface area contributed by atoms with Gasteiger partial charge in [-0.3, -0.25) is 9.59 Å². The highest BCUT2D eigenvalue weighted by molar-refractivity contribution is 5.92. The third-order valence-corrected chi connectivity index (χ3v) is 4.86. The van der Waals surface area contributed by atoms with E-state index in [-0.39, 0.29) is 24.3 Å². The summed E-state index contributed by atoms with van der Waals surface area (Å²) in [5, 5.41) is 0. The van der Waals surface area contributed by atoms with Gasteiger partial charge in [-0.15, -0.1) is 0 Å². The number of likely N-dealkylation sites (tertiary alicyclic amines) is 1. The van der Waals surface area contributed by atoms with Crippen LogP contribution in [0.1, 0.15) is 56.5 Å². The lowest BCUT2D eigenvalue weighted by Gasteiger charge is -2.34. The van der Waals surface area contributed by atoms with Crippen LogP contribution in [0, 0.1) is 5.92 Å². The number of hydrogen-bond donors (Lipinski definition) is 1. The second-order valence-corrected chi connectivity index (χ2v) is 6.74. The Balaban J connectivity index is 1.62. The topological polar surface area (TPSA) is 76.5 Å². The van der Waals surface area contributed by atoms with Gasteiger partial charge in [-0.1, -0.05) is 6.92 Å². The molecule has 3 rings (SSSR count). The summed E-state index contributed by atoms with van der Waals surface area (Å²) < 4.78 is 5.78. The molecule has 3 atom stereocenters. The van der Waals surface area contributed by atoms with E-state index in [9.17, 15) is 9.59 Å². The third kappa shape index (κ3) is 3.84. The van der Waals surface area contributed by atoms with E-state index in [1.54, 1.807) is 11.0 Å². The first-order valence-electron chi connectivity index (χ1n) is 8.41. The first kappa shape index (κ1) is 15.8. The van der Waals surface area contributed by atoms with Gasteiger partial charge in [0.05, 0.1) is 0 Å². The number of carbonyl (C=O) groups excluding carboxylic acids is 2. The maximum atomic E-state index is 12.4. The zero-order valence-electron chi connectivity index (χ0n) is 13.5. The molecule has 2 heterocycles.